The third-order valence-electron chi connectivity index (χ3n) is 4.55. The molecule has 0 aliphatic carbocycles. The molecule has 1 aromatic carbocycles. The van der Waals surface area contributed by atoms with E-state index in [1.165, 1.54) is 0 Å². The predicted molar refractivity (Wildman–Crippen MR) is 112 cm³/mol. The summed E-state index contributed by atoms with van der Waals surface area (Å²) in [6.07, 6.45) is 0. The Labute approximate surface area is 178 Å². The monoisotopic (exact) mass is 429 g/mol. The van der Waals surface area contributed by atoms with Crippen molar-refractivity contribution in [1.82, 2.24) is 15.2 Å². The van der Waals surface area contributed by atoms with Crippen molar-refractivity contribution in [3.63, 3.8) is 0 Å². The highest BCUT2D eigenvalue weighted by atomic mass is 32.2. The Hall–Kier alpha value is -3.07. The molecule has 0 saturated heterocycles. The fraction of sp³-hybridized carbons (Fsp3) is 0.333. The second-order valence-corrected chi connectivity index (χ2v) is 7.86. The lowest BCUT2D eigenvalue weighted by Gasteiger charge is -2.07. The number of aromatic nitrogens is 3. The highest BCUT2D eigenvalue weighted by Gasteiger charge is 2.27. The molecule has 158 valence electrons. The lowest BCUT2D eigenvalue weighted by Crippen LogP contribution is -2.15. The number of benzene rings is 1. The fourth-order valence-corrected chi connectivity index (χ4v) is 3.76. The maximum atomic E-state index is 13.0. The number of Topliss-reactive ketones (excluding diaryl/α,β-unsaturated/α-hetero) is 1. The number of nitrogens with zero attached hydrogens (tertiary/aromatic N) is 2. The van der Waals surface area contributed by atoms with E-state index >= 15 is 0 Å². The van der Waals surface area contributed by atoms with E-state index in [0.29, 0.717) is 28.4 Å². The fourth-order valence-electron chi connectivity index (χ4n) is 3.02. The number of ether oxygens (including phenoxy) is 2. The minimum Gasteiger partial charge on any atom is -0.497 e. The van der Waals surface area contributed by atoms with Crippen LogP contribution in [0.15, 0.2) is 33.9 Å². The van der Waals surface area contributed by atoms with Crippen LogP contribution in [-0.2, 0) is 4.74 Å². The quantitative estimate of drug-likeness (QED) is 0.322. The van der Waals surface area contributed by atoms with Gasteiger partial charge in [-0.05, 0) is 57.5 Å². The first kappa shape index (κ1) is 21.6. The molecule has 0 amide bonds. The molecule has 0 bridgehead atoms. The molecule has 3 rings (SSSR count). The number of rotatable bonds is 8. The van der Waals surface area contributed by atoms with Crippen molar-refractivity contribution in [1.29, 1.82) is 0 Å². The first-order valence-corrected chi connectivity index (χ1v) is 10.3. The Kier molecular flexibility index (Phi) is 6.61. The molecule has 0 spiro atoms. The molecule has 2 heterocycles. The van der Waals surface area contributed by atoms with Crippen LogP contribution in [0.4, 0.5) is 0 Å². The van der Waals surface area contributed by atoms with Crippen molar-refractivity contribution in [2.45, 2.75) is 38.2 Å². The number of carbonyl (C=O) groups is 2. The first-order valence-electron chi connectivity index (χ1n) is 9.40. The molecule has 9 heteroatoms. The number of aromatic amines is 1. The van der Waals surface area contributed by atoms with Crippen molar-refractivity contribution in [2.24, 2.45) is 0 Å². The standard InChI is InChI=1S/C21H23N3O5S/c1-6-28-20(26)16-11(2)17(22-12(16)3)18(25)13(4)30-21-24-23-19(29-21)14-7-9-15(27-5)10-8-14/h7-10,13,22H,6H2,1-5H3. The Morgan fingerprint density at radius 3 is 2.53 bits per heavy atom. The summed E-state index contributed by atoms with van der Waals surface area (Å²) >= 11 is 1.16. The molecular formula is C21H23N3O5S. The van der Waals surface area contributed by atoms with Gasteiger partial charge in [0.25, 0.3) is 5.22 Å². The first-order chi connectivity index (χ1) is 14.3. The summed E-state index contributed by atoms with van der Waals surface area (Å²) in [5, 5.41) is 7.86. The molecule has 30 heavy (non-hydrogen) atoms. The van der Waals surface area contributed by atoms with Crippen LogP contribution in [0.5, 0.6) is 5.75 Å². The minimum absolute atomic E-state index is 0.166. The van der Waals surface area contributed by atoms with E-state index in [9.17, 15) is 9.59 Å². The van der Waals surface area contributed by atoms with Gasteiger partial charge >= 0.3 is 5.97 Å². The van der Waals surface area contributed by atoms with Crippen LogP contribution in [0.1, 0.15) is 46.0 Å². The van der Waals surface area contributed by atoms with Crippen LogP contribution in [-0.4, -0.2) is 45.9 Å². The number of thioether (sulfide) groups is 1. The molecule has 3 aromatic rings. The van der Waals surface area contributed by atoms with Crippen LogP contribution in [0.3, 0.4) is 0 Å². The lowest BCUT2D eigenvalue weighted by molar-refractivity contribution is 0.0525. The summed E-state index contributed by atoms with van der Waals surface area (Å²) in [6, 6.07) is 7.24. The highest BCUT2D eigenvalue weighted by Crippen LogP contribution is 2.30. The third-order valence-corrected chi connectivity index (χ3v) is 5.49. The van der Waals surface area contributed by atoms with Crippen molar-refractivity contribution in [3.8, 4) is 17.2 Å². The number of carbonyl (C=O) groups excluding carboxylic acids is 2. The van der Waals surface area contributed by atoms with Gasteiger partial charge in [0, 0.05) is 11.3 Å². The smallest absolute Gasteiger partial charge is 0.340 e. The maximum absolute atomic E-state index is 13.0. The second kappa shape index (κ2) is 9.17. The van der Waals surface area contributed by atoms with E-state index in [0.717, 1.165) is 23.1 Å². The Morgan fingerprint density at radius 2 is 1.90 bits per heavy atom. The number of H-pyrrole nitrogens is 1. The summed E-state index contributed by atoms with van der Waals surface area (Å²) in [5.74, 6) is 0.478. The number of nitrogens with one attached hydrogen (secondary N) is 1. The van der Waals surface area contributed by atoms with Gasteiger partial charge in [-0.25, -0.2) is 4.79 Å². The molecule has 2 aromatic heterocycles. The van der Waals surface area contributed by atoms with Crippen molar-refractivity contribution < 1.29 is 23.5 Å². The zero-order valence-corrected chi connectivity index (χ0v) is 18.3. The molecule has 1 unspecified atom stereocenters. The molecule has 0 aliphatic rings. The van der Waals surface area contributed by atoms with Gasteiger partial charge in [-0.15, -0.1) is 10.2 Å². The number of hydrogen-bond acceptors (Lipinski definition) is 8. The Morgan fingerprint density at radius 1 is 1.20 bits per heavy atom. The van der Waals surface area contributed by atoms with Crippen molar-refractivity contribution in [3.05, 3.63) is 46.8 Å². The average Bonchev–Trinajstić information content (AvgIpc) is 3.31. The number of methoxy groups -OCH3 is 1. The Balaban J connectivity index is 1.74. The lowest BCUT2D eigenvalue weighted by atomic mass is 10.1. The SMILES string of the molecule is CCOC(=O)c1c(C)[nH]c(C(=O)C(C)Sc2nnc(-c3ccc(OC)cc3)o2)c1C. The number of hydrogen-bond donors (Lipinski definition) is 1. The van der Waals surface area contributed by atoms with Gasteiger partial charge in [-0.1, -0.05) is 11.8 Å². The van der Waals surface area contributed by atoms with Crippen LogP contribution in [0, 0.1) is 13.8 Å². The van der Waals surface area contributed by atoms with Gasteiger partial charge in [-0.3, -0.25) is 4.79 Å². The summed E-state index contributed by atoms with van der Waals surface area (Å²) in [7, 11) is 1.60. The van der Waals surface area contributed by atoms with Gasteiger partial charge in [-0.2, -0.15) is 0 Å². The number of ketones is 1. The van der Waals surface area contributed by atoms with Gasteiger partial charge in [0.05, 0.1) is 30.2 Å². The van der Waals surface area contributed by atoms with E-state index in [-0.39, 0.29) is 17.6 Å². The zero-order chi connectivity index (χ0) is 21.8. The average molecular weight is 429 g/mol. The molecular weight excluding hydrogens is 406 g/mol. The Bertz CT molecular complexity index is 1060. The van der Waals surface area contributed by atoms with Crippen LogP contribution in [0.2, 0.25) is 0 Å². The molecule has 1 N–H and O–H groups in total. The zero-order valence-electron chi connectivity index (χ0n) is 17.4. The summed E-state index contributed by atoms with van der Waals surface area (Å²) < 4.78 is 15.9. The van der Waals surface area contributed by atoms with Crippen LogP contribution < -0.4 is 4.74 Å². The van der Waals surface area contributed by atoms with Crippen LogP contribution >= 0.6 is 11.8 Å². The van der Waals surface area contributed by atoms with Gasteiger partial charge in [0.2, 0.25) is 5.89 Å². The van der Waals surface area contributed by atoms with Gasteiger partial charge < -0.3 is 18.9 Å². The molecule has 8 nitrogen and oxygen atoms in total. The molecule has 0 saturated carbocycles. The second-order valence-electron chi connectivity index (χ2n) is 6.57. The molecule has 0 aliphatic heterocycles. The van der Waals surface area contributed by atoms with Crippen LogP contribution in [0.25, 0.3) is 11.5 Å². The van der Waals surface area contributed by atoms with E-state index in [2.05, 4.69) is 15.2 Å². The predicted octanol–water partition coefficient (Wildman–Crippen LogP) is 4.23. The van der Waals surface area contributed by atoms with E-state index in [1.807, 2.05) is 12.1 Å². The topological polar surface area (TPSA) is 107 Å². The maximum Gasteiger partial charge on any atom is 0.340 e. The number of aryl methyl sites for hydroxylation is 1. The summed E-state index contributed by atoms with van der Waals surface area (Å²) in [5.41, 5.74) is 2.71. The third kappa shape index (κ3) is 4.40. The largest absolute Gasteiger partial charge is 0.497 e. The normalized spacial score (nSPS) is 11.9. The molecule has 0 fully saturated rings. The highest BCUT2D eigenvalue weighted by molar-refractivity contribution is 8.00. The van der Waals surface area contributed by atoms with Crippen molar-refractivity contribution >= 4 is 23.5 Å². The minimum atomic E-state index is -0.499. The summed E-state index contributed by atoms with van der Waals surface area (Å²) in [6.45, 7) is 7.24. The summed E-state index contributed by atoms with van der Waals surface area (Å²) in [4.78, 5) is 28.1. The van der Waals surface area contributed by atoms with Crippen molar-refractivity contribution in [2.75, 3.05) is 13.7 Å². The van der Waals surface area contributed by atoms with Gasteiger partial charge in [0.1, 0.15) is 5.75 Å². The van der Waals surface area contributed by atoms with E-state index in [1.54, 1.807) is 46.9 Å². The number of esters is 1. The van der Waals surface area contributed by atoms with E-state index < -0.39 is 11.2 Å². The molecule has 1 atom stereocenters. The van der Waals surface area contributed by atoms with E-state index in [4.69, 9.17) is 13.9 Å². The molecule has 0 radical (unpaired) electrons. The van der Waals surface area contributed by atoms with Gasteiger partial charge in [0.15, 0.2) is 5.78 Å².